The molecule has 2 saturated heterocycles. The number of hydroxylamine groups is 1. The number of hydrogen-bond donors (Lipinski definition) is 1. The van der Waals surface area contributed by atoms with Gasteiger partial charge in [0.25, 0.3) is 5.91 Å². The quantitative estimate of drug-likeness (QED) is 0.445. The van der Waals surface area contributed by atoms with E-state index in [-0.39, 0.29) is 5.56 Å². The van der Waals surface area contributed by atoms with Crippen molar-refractivity contribution in [3.8, 4) is 0 Å². The van der Waals surface area contributed by atoms with Crippen LogP contribution in [0.4, 0.5) is 11.4 Å². The van der Waals surface area contributed by atoms with Gasteiger partial charge in [0, 0.05) is 5.39 Å². The first-order chi connectivity index (χ1) is 17.1. The van der Waals surface area contributed by atoms with Crippen LogP contribution in [0.3, 0.4) is 0 Å². The van der Waals surface area contributed by atoms with Crippen molar-refractivity contribution in [2.75, 3.05) is 9.96 Å². The van der Waals surface area contributed by atoms with Gasteiger partial charge < -0.3 is 5.11 Å². The predicted octanol–water partition coefficient (Wildman–Crippen LogP) is 4.59. The summed E-state index contributed by atoms with van der Waals surface area (Å²) in [4.78, 5) is 47.0. The van der Waals surface area contributed by atoms with Crippen LogP contribution in [0.15, 0.2) is 97.1 Å². The summed E-state index contributed by atoms with van der Waals surface area (Å²) in [6.07, 6.45) is -1.08. The molecule has 7 nitrogen and oxygen atoms in total. The minimum absolute atomic E-state index is 0.0616. The number of carbonyl (C=O) groups excluding carboxylic acids is 2. The zero-order valence-corrected chi connectivity index (χ0v) is 18.4. The molecule has 0 saturated carbocycles. The molecule has 0 radical (unpaired) electrons. The number of imide groups is 1. The van der Waals surface area contributed by atoms with E-state index >= 15 is 0 Å². The Labute approximate surface area is 200 Å². The van der Waals surface area contributed by atoms with E-state index in [9.17, 15) is 19.5 Å². The number of benzene rings is 4. The fourth-order valence-electron chi connectivity index (χ4n) is 5.12. The van der Waals surface area contributed by atoms with E-state index in [1.807, 2.05) is 48.5 Å². The van der Waals surface area contributed by atoms with Gasteiger partial charge in [-0.2, -0.15) is 0 Å². The molecule has 4 aromatic carbocycles. The smallest absolute Gasteiger partial charge is 0.336 e. The van der Waals surface area contributed by atoms with E-state index in [1.54, 1.807) is 42.5 Å². The average Bonchev–Trinajstić information content (AvgIpc) is 3.40. The van der Waals surface area contributed by atoms with Crippen molar-refractivity contribution in [1.82, 2.24) is 0 Å². The number of rotatable bonds is 4. The van der Waals surface area contributed by atoms with Crippen LogP contribution in [0.25, 0.3) is 10.8 Å². The third kappa shape index (κ3) is 3.20. The Morgan fingerprint density at radius 3 is 2.26 bits per heavy atom. The lowest BCUT2D eigenvalue weighted by Gasteiger charge is -2.29. The number of hydrogen-bond acceptors (Lipinski definition) is 5. The fraction of sp³-hybridized carbons (Fsp3) is 0.107. The van der Waals surface area contributed by atoms with Crippen LogP contribution in [0, 0.1) is 5.92 Å². The van der Waals surface area contributed by atoms with E-state index in [4.69, 9.17) is 4.84 Å². The van der Waals surface area contributed by atoms with Gasteiger partial charge in [-0.1, -0.05) is 72.8 Å². The topological polar surface area (TPSA) is 87.2 Å². The van der Waals surface area contributed by atoms with E-state index in [0.717, 1.165) is 10.8 Å². The summed E-state index contributed by atoms with van der Waals surface area (Å²) in [7, 11) is 0. The molecule has 0 spiro atoms. The Morgan fingerprint density at radius 1 is 0.771 bits per heavy atom. The summed E-state index contributed by atoms with van der Waals surface area (Å²) in [5.74, 6) is -2.91. The van der Waals surface area contributed by atoms with Crippen molar-refractivity contribution in [2.45, 2.75) is 12.1 Å². The van der Waals surface area contributed by atoms with Crippen LogP contribution in [-0.4, -0.2) is 29.0 Å². The number of nitrogens with zero attached hydrogens (tertiary/aromatic N) is 2. The molecule has 1 N–H and O–H groups in total. The summed E-state index contributed by atoms with van der Waals surface area (Å²) in [6.45, 7) is 0. The summed E-state index contributed by atoms with van der Waals surface area (Å²) < 4.78 is 0. The number of aromatic carboxylic acids is 1. The number of carboxylic acids is 1. The molecular formula is C28H20N2O5. The molecular weight excluding hydrogens is 444 g/mol. The van der Waals surface area contributed by atoms with Crippen molar-refractivity contribution in [1.29, 1.82) is 0 Å². The molecule has 3 unspecified atom stereocenters. The standard InChI is InChI=1S/C28H20N2O5/c31-26-23-24(20-14-6-7-15-21(20)28(33)34)30(18-11-2-1-3-12-18)35-25(23)27(32)29(26)22-16-8-10-17-9-4-5-13-19(17)22/h1-16,23-25H,(H,33,34). The maximum absolute atomic E-state index is 13.9. The third-order valence-electron chi connectivity index (χ3n) is 6.64. The molecule has 0 aromatic heterocycles. The number of para-hydroxylation sites is 1. The molecule has 0 bridgehead atoms. The molecule has 6 rings (SSSR count). The highest BCUT2D eigenvalue weighted by Gasteiger charge is 2.60. The van der Waals surface area contributed by atoms with Crippen LogP contribution in [0.5, 0.6) is 0 Å². The van der Waals surface area contributed by atoms with E-state index in [2.05, 4.69) is 0 Å². The van der Waals surface area contributed by atoms with Crippen molar-refractivity contribution in [3.05, 3.63) is 108 Å². The highest BCUT2D eigenvalue weighted by molar-refractivity contribution is 6.26. The number of carbonyl (C=O) groups is 3. The Morgan fingerprint density at radius 2 is 1.46 bits per heavy atom. The minimum atomic E-state index is -1.11. The maximum atomic E-state index is 13.9. The van der Waals surface area contributed by atoms with Crippen LogP contribution < -0.4 is 9.96 Å². The number of carboxylic acid groups (broad SMARTS) is 1. The molecule has 0 aliphatic carbocycles. The van der Waals surface area contributed by atoms with Gasteiger partial charge in [-0.05, 0) is 35.2 Å². The van der Waals surface area contributed by atoms with Crippen LogP contribution in [-0.2, 0) is 14.4 Å². The van der Waals surface area contributed by atoms with Gasteiger partial charge in [0.15, 0.2) is 6.10 Å². The lowest BCUT2D eigenvalue weighted by Crippen LogP contribution is -2.37. The van der Waals surface area contributed by atoms with Gasteiger partial charge in [-0.3, -0.25) is 14.4 Å². The SMILES string of the molecule is O=C(O)c1ccccc1C1C2C(=O)N(c3cccc4ccccc34)C(=O)C2ON1c1ccccc1. The Balaban J connectivity index is 1.50. The second-order valence-corrected chi connectivity index (χ2v) is 8.56. The summed E-state index contributed by atoms with van der Waals surface area (Å²) in [5, 5.41) is 13.1. The summed E-state index contributed by atoms with van der Waals surface area (Å²) in [5.41, 5.74) is 1.60. The van der Waals surface area contributed by atoms with Gasteiger partial charge in [0.1, 0.15) is 5.92 Å². The van der Waals surface area contributed by atoms with Gasteiger partial charge in [-0.25, -0.2) is 14.8 Å². The molecule has 172 valence electrons. The normalized spacial score (nSPS) is 21.5. The van der Waals surface area contributed by atoms with Crippen molar-refractivity contribution in [2.24, 2.45) is 5.92 Å². The lowest BCUT2D eigenvalue weighted by molar-refractivity contribution is -0.126. The monoisotopic (exact) mass is 464 g/mol. The van der Waals surface area contributed by atoms with Gasteiger partial charge in [0.05, 0.1) is 23.0 Å². The number of anilines is 2. The zero-order chi connectivity index (χ0) is 24.1. The highest BCUT2D eigenvalue weighted by atomic mass is 16.7. The molecule has 2 amide bonds. The first kappa shape index (κ1) is 21.1. The molecule has 2 fully saturated rings. The highest BCUT2D eigenvalue weighted by Crippen LogP contribution is 2.48. The molecule has 2 heterocycles. The molecule has 35 heavy (non-hydrogen) atoms. The Bertz CT molecular complexity index is 1480. The van der Waals surface area contributed by atoms with E-state index < -0.39 is 35.8 Å². The molecule has 2 aliphatic rings. The van der Waals surface area contributed by atoms with Crippen LogP contribution in [0.1, 0.15) is 22.0 Å². The fourth-order valence-corrected chi connectivity index (χ4v) is 5.12. The van der Waals surface area contributed by atoms with Gasteiger partial charge in [0.2, 0.25) is 5.91 Å². The van der Waals surface area contributed by atoms with E-state index in [0.29, 0.717) is 16.9 Å². The zero-order valence-electron chi connectivity index (χ0n) is 18.4. The largest absolute Gasteiger partial charge is 0.478 e. The maximum Gasteiger partial charge on any atom is 0.336 e. The first-order valence-corrected chi connectivity index (χ1v) is 11.2. The van der Waals surface area contributed by atoms with Gasteiger partial charge in [-0.15, -0.1) is 0 Å². The first-order valence-electron chi connectivity index (χ1n) is 11.2. The van der Waals surface area contributed by atoms with Crippen molar-refractivity contribution >= 4 is 39.9 Å². The molecule has 3 atom stereocenters. The molecule has 2 aliphatic heterocycles. The van der Waals surface area contributed by atoms with Crippen molar-refractivity contribution in [3.63, 3.8) is 0 Å². The van der Waals surface area contributed by atoms with E-state index in [1.165, 1.54) is 16.0 Å². The van der Waals surface area contributed by atoms with Gasteiger partial charge >= 0.3 is 5.97 Å². The minimum Gasteiger partial charge on any atom is -0.478 e. The lowest BCUT2D eigenvalue weighted by atomic mass is 9.88. The number of fused-ring (bicyclic) bond motifs is 2. The third-order valence-corrected chi connectivity index (χ3v) is 6.64. The average molecular weight is 464 g/mol. The van der Waals surface area contributed by atoms with Crippen LogP contribution in [0.2, 0.25) is 0 Å². The summed E-state index contributed by atoms with van der Waals surface area (Å²) >= 11 is 0. The summed E-state index contributed by atoms with van der Waals surface area (Å²) in [6, 6.07) is 27.8. The van der Waals surface area contributed by atoms with Crippen LogP contribution >= 0.6 is 0 Å². The Hall–Kier alpha value is -4.49. The predicted molar refractivity (Wildman–Crippen MR) is 130 cm³/mol. The second kappa shape index (κ2) is 8.07. The molecule has 7 heteroatoms. The molecule has 4 aromatic rings. The second-order valence-electron chi connectivity index (χ2n) is 8.56. The number of amides is 2. The Kier molecular flexibility index (Phi) is 4.86. The van der Waals surface area contributed by atoms with Crippen molar-refractivity contribution < 1.29 is 24.3 Å².